The average molecular weight is 215 g/mol. The Balaban J connectivity index is 2.65. The number of rotatable bonds is 1. The van der Waals surface area contributed by atoms with Crippen LogP contribution in [0.2, 0.25) is 0 Å². The molecule has 1 aromatic rings. The zero-order valence-electron chi connectivity index (χ0n) is 10.3. The Morgan fingerprint density at radius 2 is 2.25 bits per heavy atom. The van der Waals surface area contributed by atoms with E-state index in [2.05, 4.69) is 37.1 Å². The first-order chi connectivity index (χ1) is 7.49. The van der Waals surface area contributed by atoms with Crippen molar-refractivity contribution in [2.75, 3.05) is 12.4 Å². The number of pyridine rings is 1. The minimum Gasteiger partial charge on any atom is -0.372 e. The molecule has 84 valence electrons. The van der Waals surface area contributed by atoms with Gasteiger partial charge in [0.25, 0.3) is 0 Å². The molecule has 1 heterocycles. The maximum Gasteiger partial charge on any atom is 0.143 e. The predicted octanol–water partition coefficient (Wildman–Crippen LogP) is 2.78. The van der Waals surface area contributed by atoms with Gasteiger partial charge in [0.05, 0.1) is 5.56 Å². The summed E-state index contributed by atoms with van der Waals surface area (Å²) < 4.78 is 0. The average Bonchev–Trinajstić information content (AvgIpc) is 2.47. The molecule has 3 nitrogen and oxygen atoms in total. The minimum atomic E-state index is 0.139. The molecule has 0 saturated heterocycles. The first kappa shape index (κ1) is 10.9. The molecule has 1 unspecified atom stereocenters. The van der Waals surface area contributed by atoms with Gasteiger partial charge in [-0.3, -0.25) is 0 Å². The summed E-state index contributed by atoms with van der Waals surface area (Å²) in [6, 6.07) is 4.20. The van der Waals surface area contributed by atoms with Gasteiger partial charge in [0, 0.05) is 12.7 Å². The summed E-state index contributed by atoms with van der Waals surface area (Å²) in [7, 11) is 1.81. The van der Waals surface area contributed by atoms with Gasteiger partial charge in [0.2, 0.25) is 0 Å². The van der Waals surface area contributed by atoms with Crippen LogP contribution in [0.5, 0.6) is 0 Å². The lowest BCUT2D eigenvalue weighted by Gasteiger charge is -2.19. The van der Waals surface area contributed by atoms with Gasteiger partial charge in [-0.1, -0.05) is 20.8 Å². The van der Waals surface area contributed by atoms with E-state index in [1.807, 2.05) is 6.07 Å². The van der Waals surface area contributed by atoms with Crippen LogP contribution >= 0.6 is 0 Å². The Morgan fingerprint density at radius 3 is 2.81 bits per heavy atom. The Hall–Kier alpha value is -1.56. The molecule has 0 fully saturated rings. The van der Waals surface area contributed by atoms with E-state index in [0.717, 1.165) is 12.1 Å². The number of nitrogens with one attached hydrogen (secondary N) is 1. The third kappa shape index (κ3) is 1.46. The van der Waals surface area contributed by atoms with Crippen molar-refractivity contribution in [3.05, 3.63) is 22.9 Å². The number of nitrogens with zero attached hydrogens (tertiary/aromatic N) is 2. The lowest BCUT2D eigenvalue weighted by Crippen LogP contribution is -2.13. The summed E-state index contributed by atoms with van der Waals surface area (Å²) in [6.45, 7) is 6.64. The van der Waals surface area contributed by atoms with Crippen LogP contribution in [0.25, 0.3) is 0 Å². The largest absolute Gasteiger partial charge is 0.372 e. The highest BCUT2D eigenvalue weighted by Crippen LogP contribution is 2.45. The maximum absolute atomic E-state index is 9.09. The molecule has 0 spiro atoms. The Bertz CT molecular complexity index is 469. The molecule has 0 amide bonds. The van der Waals surface area contributed by atoms with E-state index in [1.165, 1.54) is 5.56 Å². The summed E-state index contributed by atoms with van der Waals surface area (Å²) >= 11 is 0. The molecule has 1 aliphatic carbocycles. The lowest BCUT2D eigenvalue weighted by molar-refractivity contribution is 0.488. The maximum atomic E-state index is 9.09. The van der Waals surface area contributed by atoms with Crippen molar-refractivity contribution in [2.45, 2.75) is 38.5 Å². The van der Waals surface area contributed by atoms with Crippen LogP contribution < -0.4 is 5.32 Å². The highest BCUT2D eigenvalue weighted by atomic mass is 15.0. The van der Waals surface area contributed by atoms with E-state index in [-0.39, 0.29) is 5.41 Å². The standard InChI is InChI=1S/C13H17N3/c1-8-6-13(2,3)10-5-9(7-14)12(15-4)16-11(8)10/h5,8H,6H2,1-4H3,(H,15,16). The van der Waals surface area contributed by atoms with Crippen molar-refractivity contribution in [2.24, 2.45) is 0 Å². The molecule has 0 aromatic carbocycles. The zero-order valence-corrected chi connectivity index (χ0v) is 10.3. The van der Waals surface area contributed by atoms with Gasteiger partial charge in [0.15, 0.2) is 0 Å². The highest BCUT2D eigenvalue weighted by molar-refractivity contribution is 5.56. The number of hydrogen-bond donors (Lipinski definition) is 1. The number of hydrogen-bond acceptors (Lipinski definition) is 3. The first-order valence-electron chi connectivity index (χ1n) is 5.63. The van der Waals surface area contributed by atoms with Crippen LogP contribution in [-0.4, -0.2) is 12.0 Å². The fraction of sp³-hybridized carbons (Fsp3) is 0.538. The SMILES string of the molecule is CNc1nc2c(cc1C#N)C(C)(C)CC2C. The van der Waals surface area contributed by atoms with Crippen molar-refractivity contribution >= 4 is 5.82 Å². The van der Waals surface area contributed by atoms with Crippen LogP contribution in [0.1, 0.15) is 49.9 Å². The van der Waals surface area contributed by atoms with Crippen LogP contribution in [-0.2, 0) is 5.41 Å². The van der Waals surface area contributed by atoms with E-state index >= 15 is 0 Å². The fourth-order valence-corrected chi connectivity index (χ4v) is 2.69. The summed E-state index contributed by atoms with van der Waals surface area (Å²) in [5.41, 5.74) is 3.16. The Labute approximate surface area is 96.5 Å². The van der Waals surface area contributed by atoms with Crippen molar-refractivity contribution in [1.82, 2.24) is 4.98 Å². The smallest absolute Gasteiger partial charge is 0.143 e. The van der Waals surface area contributed by atoms with Gasteiger partial charge in [0.1, 0.15) is 11.9 Å². The first-order valence-corrected chi connectivity index (χ1v) is 5.63. The second kappa shape index (κ2) is 3.48. The van der Waals surface area contributed by atoms with E-state index < -0.39 is 0 Å². The van der Waals surface area contributed by atoms with Crippen molar-refractivity contribution in [3.63, 3.8) is 0 Å². The van der Waals surface area contributed by atoms with Gasteiger partial charge in [-0.2, -0.15) is 5.26 Å². The van der Waals surface area contributed by atoms with Gasteiger partial charge in [-0.15, -0.1) is 0 Å². The molecule has 1 atom stereocenters. The third-order valence-corrected chi connectivity index (χ3v) is 3.42. The second-order valence-electron chi connectivity index (χ2n) is 5.17. The van der Waals surface area contributed by atoms with E-state index in [4.69, 9.17) is 5.26 Å². The molecule has 1 aromatic heterocycles. The number of nitriles is 1. The van der Waals surface area contributed by atoms with Gasteiger partial charge < -0.3 is 5.32 Å². The van der Waals surface area contributed by atoms with Gasteiger partial charge >= 0.3 is 0 Å². The number of anilines is 1. The topological polar surface area (TPSA) is 48.7 Å². The molecule has 3 heteroatoms. The monoisotopic (exact) mass is 215 g/mol. The van der Waals surface area contributed by atoms with E-state index in [9.17, 15) is 0 Å². The second-order valence-corrected chi connectivity index (χ2v) is 5.17. The molecular formula is C13H17N3. The van der Waals surface area contributed by atoms with Gasteiger partial charge in [-0.25, -0.2) is 4.98 Å². The molecule has 1 aliphatic rings. The zero-order chi connectivity index (χ0) is 11.9. The van der Waals surface area contributed by atoms with E-state index in [0.29, 0.717) is 17.3 Å². The third-order valence-electron chi connectivity index (χ3n) is 3.42. The fourth-order valence-electron chi connectivity index (χ4n) is 2.69. The number of fused-ring (bicyclic) bond motifs is 1. The number of aromatic nitrogens is 1. The lowest BCUT2D eigenvalue weighted by atomic mass is 9.86. The minimum absolute atomic E-state index is 0.139. The summed E-state index contributed by atoms with van der Waals surface area (Å²) in [4.78, 5) is 4.59. The van der Waals surface area contributed by atoms with Crippen LogP contribution in [0.4, 0.5) is 5.82 Å². The van der Waals surface area contributed by atoms with Crippen LogP contribution in [0, 0.1) is 11.3 Å². The highest BCUT2D eigenvalue weighted by Gasteiger charge is 2.36. The molecule has 2 rings (SSSR count). The van der Waals surface area contributed by atoms with Crippen molar-refractivity contribution in [1.29, 1.82) is 5.26 Å². The van der Waals surface area contributed by atoms with Crippen molar-refractivity contribution in [3.8, 4) is 6.07 Å². The normalized spacial score (nSPS) is 21.3. The summed E-state index contributed by atoms with van der Waals surface area (Å²) in [5, 5.41) is 12.1. The molecule has 0 radical (unpaired) electrons. The van der Waals surface area contributed by atoms with E-state index in [1.54, 1.807) is 7.05 Å². The van der Waals surface area contributed by atoms with Crippen LogP contribution in [0.15, 0.2) is 6.07 Å². The Morgan fingerprint density at radius 1 is 1.56 bits per heavy atom. The summed E-state index contributed by atoms with van der Waals surface area (Å²) in [6.07, 6.45) is 1.10. The molecular weight excluding hydrogens is 198 g/mol. The quantitative estimate of drug-likeness (QED) is 0.783. The van der Waals surface area contributed by atoms with Gasteiger partial charge in [-0.05, 0) is 29.4 Å². The molecule has 0 bridgehead atoms. The van der Waals surface area contributed by atoms with Crippen molar-refractivity contribution < 1.29 is 0 Å². The molecule has 1 N–H and O–H groups in total. The molecule has 0 aliphatic heterocycles. The predicted molar refractivity (Wildman–Crippen MR) is 64.6 cm³/mol. The molecule has 0 saturated carbocycles. The summed E-state index contributed by atoms with van der Waals surface area (Å²) in [5.74, 6) is 1.18. The Kier molecular flexibility index (Phi) is 2.38. The van der Waals surface area contributed by atoms with Crippen LogP contribution in [0.3, 0.4) is 0 Å². The molecule has 16 heavy (non-hydrogen) atoms.